The number of carbonyl (C=O) groups excluding carboxylic acids is 1. The SMILES string of the molecule is CC(C)(N)CNC(=O)C1(Cc2cccc(Cl)c2)CCCC1. The van der Waals surface area contributed by atoms with Gasteiger partial charge in [-0.3, -0.25) is 4.79 Å². The van der Waals surface area contributed by atoms with Crippen LogP contribution in [0.25, 0.3) is 0 Å². The second kappa shape index (κ2) is 6.37. The van der Waals surface area contributed by atoms with Gasteiger partial charge in [0, 0.05) is 17.1 Å². The second-order valence-corrected chi connectivity index (χ2v) is 7.40. The molecule has 0 heterocycles. The van der Waals surface area contributed by atoms with Gasteiger partial charge in [-0.2, -0.15) is 0 Å². The van der Waals surface area contributed by atoms with E-state index in [1.54, 1.807) is 0 Å². The van der Waals surface area contributed by atoms with E-state index >= 15 is 0 Å². The molecular formula is C17H25ClN2O. The molecule has 1 saturated carbocycles. The Bertz CT molecular complexity index is 502. The zero-order chi connectivity index (χ0) is 15.5. The van der Waals surface area contributed by atoms with Gasteiger partial charge in [0.05, 0.1) is 5.41 Å². The first-order valence-corrected chi connectivity index (χ1v) is 8.00. The lowest BCUT2D eigenvalue weighted by Gasteiger charge is -2.30. The van der Waals surface area contributed by atoms with Gasteiger partial charge in [0.15, 0.2) is 0 Å². The maximum atomic E-state index is 12.7. The number of amides is 1. The van der Waals surface area contributed by atoms with Gasteiger partial charge in [-0.15, -0.1) is 0 Å². The standard InChI is InChI=1S/C17H25ClN2O/c1-16(2,19)12-20-15(21)17(8-3-4-9-17)11-13-6-5-7-14(18)10-13/h5-7,10H,3-4,8-9,11-12,19H2,1-2H3,(H,20,21). The molecule has 4 heteroatoms. The third kappa shape index (κ3) is 4.45. The van der Waals surface area contributed by atoms with E-state index in [0.717, 1.165) is 42.7 Å². The molecule has 0 bridgehead atoms. The zero-order valence-corrected chi connectivity index (χ0v) is 13.7. The van der Waals surface area contributed by atoms with E-state index in [0.29, 0.717) is 6.54 Å². The predicted molar refractivity (Wildman–Crippen MR) is 87.3 cm³/mol. The summed E-state index contributed by atoms with van der Waals surface area (Å²) in [5, 5.41) is 3.77. The Kier molecular flexibility index (Phi) is 4.95. The van der Waals surface area contributed by atoms with Crippen molar-refractivity contribution in [1.29, 1.82) is 0 Å². The van der Waals surface area contributed by atoms with Gasteiger partial charge in [-0.05, 0) is 50.8 Å². The van der Waals surface area contributed by atoms with E-state index in [-0.39, 0.29) is 16.9 Å². The normalized spacial score (nSPS) is 17.7. The molecule has 1 aromatic rings. The Morgan fingerprint density at radius 2 is 2.05 bits per heavy atom. The fraction of sp³-hybridized carbons (Fsp3) is 0.588. The minimum Gasteiger partial charge on any atom is -0.354 e. The second-order valence-electron chi connectivity index (χ2n) is 6.97. The Morgan fingerprint density at radius 3 is 2.62 bits per heavy atom. The molecule has 116 valence electrons. The highest BCUT2D eigenvalue weighted by Crippen LogP contribution is 2.41. The van der Waals surface area contributed by atoms with Crippen molar-refractivity contribution in [3.8, 4) is 0 Å². The van der Waals surface area contributed by atoms with Crippen LogP contribution in [0.3, 0.4) is 0 Å². The van der Waals surface area contributed by atoms with Crippen molar-refractivity contribution < 1.29 is 4.79 Å². The van der Waals surface area contributed by atoms with Crippen molar-refractivity contribution in [3.63, 3.8) is 0 Å². The summed E-state index contributed by atoms with van der Waals surface area (Å²) in [6, 6.07) is 7.82. The summed E-state index contributed by atoms with van der Waals surface area (Å²) in [6.45, 7) is 4.35. The molecule has 1 amide bonds. The summed E-state index contributed by atoms with van der Waals surface area (Å²) in [4.78, 5) is 12.7. The summed E-state index contributed by atoms with van der Waals surface area (Å²) >= 11 is 6.06. The number of nitrogens with two attached hydrogens (primary N) is 1. The van der Waals surface area contributed by atoms with Crippen LogP contribution in [0.4, 0.5) is 0 Å². The van der Waals surface area contributed by atoms with Crippen molar-refractivity contribution in [2.45, 2.75) is 51.5 Å². The molecule has 1 aliphatic rings. The van der Waals surface area contributed by atoms with Gasteiger partial charge in [0.25, 0.3) is 0 Å². The Morgan fingerprint density at radius 1 is 1.38 bits per heavy atom. The van der Waals surface area contributed by atoms with Crippen LogP contribution in [0.5, 0.6) is 0 Å². The minimum atomic E-state index is -0.383. The van der Waals surface area contributed by atoms with Gasteiger partial charge in [-0.1, -0.05) is 36.6 Å². The highest BCUT2D eigenvalue weighted by Gasteiger charge is 2.41. The first-order chi connectivity index (χ1) is 9.81. The summed E-state index contributed by atoms with van der Waals surface area (Å²) in [6.07, 6.45) is 4.86. The van der Waals surface area contributed by atoms with E-state index in [4.69, 9.17) is 17.3 Å². The number of hydrogen-bond donors (Lipinski definition) is 2. The van der Waals surface area contributed by atoms with Gasteiger partial charge in [0.2, 0.25) is 5.91 Å². The number of rotatable bonds is 5. The topological polar surface area (TPSA) is 55.1 Å². The average molecular weight is 309 g/mol. The van der Waals surface area contributed by atoms with Gasteiger partial charge in [-0.25, -0.2) is 0 Å². The van der Waals surface area contributed by atoms with Crippen molar-refractivity contribution in [2.75, 3.05) is 6.54 Å². The molecule has 3 nitrogen and oxygen atoms in total. The minimum absolute atomic E-state index is 0.138. The monoisotopic (exact) mass is 308 g/mol. The summed E-state index contributed by atoms with van der Waals surface area (Å²) in [7, 11) is 0. The molecule has 0 saturated heterocycles. The molecule has 21 heavy (non-hydrogen) atoms. The summed E-state index contributed by atoms with van der Waals surface area (Å²) in [5.74, 6) is 0.138. The van der Waals surface area contributed by atoms with Crippen molar-refractivity contribution in [3.05, 3.63) is 34.9 Å². The third-order valence-electron chi connectivity index (χ3n) is 4.18. The first kappa shape index (κ1) is 16.3. The third-order valence-corrected chi connectivity index (χ3v) is 4.41. The number of benzene rings is 1. The van der Waals surface area contributed by atoms with Gasteiger partial charge >= 0.3 is 0 Å². The van der Waals surface area contributed by atoms with E-state index < -0.39 is 0 Å². The molecule has 3 N–H and O–H groups in total. The smallest absolute Gasteiger partial charge is 0.226 e. The van der Waals surface area contributed by atoms with E-state index in [1.807, 2.05) is 38.1 Å². The molecule has 0 unspecified atom stereocenters. The van der Waals surface area contributed by atoms with Crippen LogP contribution >= 0.6 is 11.6 Å². The number of nitrogens with one attached hydrogen (secondary N) is 1. The highest BCUT2D eigenvalue weighted by molar-refractivity contribution is 6.30. The largest absolute Gasteiger partial charge is 0.354 e. The number of halogens is 1. The molecule has 2 rings (SSSR count). The van der Waals surface area contributed by atoms with Crippen molar-refractivity contribution >= 4 is 17.5 Å². The van der Waals surface area contributed by atoms with Crippen LogP contribution in [0, 0.1) is 5.41 Å². The summed E-state index contributed by atoms with van der Waals surface area (Å²) < 4.78 is 0. The van der Waals surface area contributed by atoms with E-state index in [9.17, 15) is 4.79 Å². The van der Waals surface area contributed by atoms with Crippen molar-refractivity contribution in [1.82, 2.24) is 5.32 Å². The summed E-state index contributed by atoms with van der Waals surface area (Å²) in [5.41, 5.74) is 6.42. The first-order valence-electron chi connectivity index (χ1n) is 7.62. The molecule has 0 spiro atoms. The molecule has 1 aromatic carbocycles. The predicted octanol–water partition coefficient (Wildman–Crippen LogP) is 3.30. The molecular weight excluding hydrogens is 284 g/mol. The lowest BCUT2D eigenvalue weighted by molar-refractivity contribution is -0.131. The quantitative estimate of drug-likeness (QED) is 0.877. The molecule has 0 aliphatic heterocycles. The average Bonchev–Trinajstić information content (AvgIpc) is 2.85. The van der Waals surface area contributed by atoms with Gasteiger partial charge in [0.1, 0.15) is 0 Å². The number of carbonyl (C=O) groups is 1. The molecule has 1 aliphatic carbocycles. The molecule has 1 fully saturated rings. The van der Waals surface area contributed by atoms with E-state index in [1.165, 1.54) is 0 Å². The molecule has 0 aromatic heterocycles. The Balaban J connectivity index is 2.11. The Labute approximate surface area is 132 Å². The maximum absolute atomic E-state index is 12.7. The van der Waals surface area contributed by atoms with E-state index in [2.05, 4.69) is 5.32 Å². The molecule has 0 radical (unpaired) electrons. The Hall–Kier alpha value is -1.06. The van der Waals surface area contributed by atoms with Crippen LogP contribution in [-0.4, -0.2) is 18.0 Å². The highest BCUT2D eigenvalue weighted by atomic mass is 35.5. The maximum Gasteiger partial charge on any atom is 0.226 e. The van der Waals surface area contributed by atoms with Crippen LogP contribution in [0.1, 0.15) is 45.1 Å². The van der Waals surface area contributed by atoms with Crippen LogP contribution in [0.15, 0.2) is 24.3 Å². The lowest BCUT2D eigenvalue weighted by atomic mass is 9.79. The van der Waals surface area contributed by atoms with Crippen LogP contribution in [0.2, 0.25) is 5.02 Å². The number of hydrogen-bond acceptors (Lipinski definition) is 2. The van der Waals surface area contributed by atoms with Crippen molar-refractivity contribution in [2.24, 2.45) is 11.1 Å². The zero-order valence-electron chi connectivity index (χ0n) is 12.9. The van der Waals surface area contributed by atoms with Crippen LogP contribution < -0.4 is 11.1 Å². The van der Waals surface area contributed by atoms with Gasteiger partial charge < -0.3 is 11.1 Å². The van der Waals surface area contributed by atoms with Crippen LogP contribution in [-0.2, 0) is 11.2 Å². The molecule has 0 atom stereocenters. The lowest BCUT2D eigenvalue weighted by Crippen LogP contribution is -2.49. The fourth-order valence-electron chi connectivity index (χ4n) is 3.07. The fourth-order valence-corrected chi connectivity index (χ4v) is 3.28.